The smallest absolute Gasteiger partial charge is 0.243 e. The van der Waals surface area contributed by atoms with Crippen molar-refractivity contribution >= 4 is 15.7 Å². The number of nitrogens with two attached hydrogens (primary N) is 1. The van der Waals surface area contributed by atoms with E-state index in [0.29, 0.717) is 18.8 Å². The van der Waals surface area contributed by atoms with E-state index in [-0.39, 0.29) is 6.04 Å². The summed E-state index contributed by atoms with van der Waals surface area (Å²) in [4.78, 5) is 1.42. The Hall–Kier alpha value is -1.18. The van der Waals surface area contributed by atoms with Gasteiger partial charge >= 0.3 is 0 Å². The normalized spacial score (nSPS) is 21.1. The Bertz CT molecular complexity index is 547. The van der Waals surface area contributed by atoms with Crippen LogP contribution in [0.5, 0.6) is 0 Å². The maximum Gasteiger partial charge on any atom is 0.243 e. The quantitative estimate of drug-likeness (QED) is 0.811. The van der Waals surface area contributed by atoms with Crippen LogP contribution in [-0.4, -0.2) is 34.1 Å². The Morgan fingerprint density at radius 2 is 2.22 bits per heavy atom. The van der Waals surface area contributed by atoms with Gasteiger partial charge in [0.1, 0.15) is 10.7 Å². The van der Waals surface area contributed by atoms with E-state index in [1.54, 1.807) is 6.07 Å². The molecule has 0 saturated carbocycles. The molecule has 1 aliphatic heterocycles. The van der Waals surface area contributed by atoms with Gasteiger partial charge in [-0.05, 0) is 19.1 Å². The van der Waals surface area contributed by atoms with Crippen molar-refractivity contribution in [3.8, 4) is 0 Å². The van der Waals surface area contributed by atoms with Crippen molar-refractivity contribution in [2.45, 2.75) is 17.9 Å². The van der Waals surface area contributed by atoms with Crippen LogP contribution in [0.2, 0.25) is 0 Å². The second-order valence-electron chi connectivity index (χ2n) is 4.43. The summed E-state index contributed by atoms with van der Waals surface area (Å²) in [6.45, 7) is 3.95. The van der Waals surface area contributed by atoms with Crippen LogP contribution in [-0.2, 0) is 10.0 Å². The van der Waals surface area contributed by atoms with Crippen LogP contribution in [0.1, 0.15) is 6.92 Å². The average molecular weight is 273 g/mol. The lowest BCUT2D eigenvalue weighted by Gasteiger charge is -2.34. The van der Waals surface area contributed by atoms with E-state index < -0.39 is 20.7 Å². The average Bonchev–Trinajstić information content (AvgIpc) is 2.27. The Morgan fingerprint density at radius 1 is 1.50 bits per heavy atom. The molecule has 5 nitrogen and oxygen atoms in total. The van der Waals surface area contributed by atoms with E-state index in [9.17, 15) is 12.8 Å². The summed E-state index contributed by atoms with van der Waals surface area (Å²) in [5, 5.41) is 8.33. The van der Waals surface area contributed by atoms with E-state index in [2.05, 4.69) is 5.32 Å². The van der Waals surface area contributed by atoms with Crippen LogP contribution in [0, 0.1) is 5.82 Å². The Morgan fingerprint density at radius 3 is 2.83 bits per heavy atom. The summed E-state index contributed by atoms with van der Waals surface area (Å²) >= 11 is 0. The fraction of sp³-hybridized carbons (Fsp3) is 0.455. The van der Waals surface area contributed by atoms with Gasteiger partial charge < -0.3 is 10.2 Å². The minimum absolute atomic E-state index is 0.218. The predicted octanol–water partition coefficient (Wildman–Crippen LogP) is 0.271. The molecular weight excluding hydrogens is 257 g/mol. The number of benzene rings is 1. The van der Waals surface area contributed by atoms with Crippen molar-refractivity contribution in [1.82, 2.24) is 5.32 Å². The molecule has 0 aromatic heterocycles. The van der Waals surface area contributed by atoms with E-state index in [1.165, 1.54) is 6.07 Å². The first-order valence-electron chi connectivity index (χ1n) is 5.69. The number of nitrogens with zero attached hydrogens (tertiary/aromatic N) is 1. The third kappa shape index (κ3) is 2.63. The summed E-state index contributed by atoms with van der Waals surface area (Å²) in [6, 6.07) is 4.40. The SMILES string of the molecule is C[C@H]1CN(c2cccc(F)c2S(N)(=O)=O)CCN1. The predicted molar refractivity (Wildman–Crippen MR) is 67.5 cm³/mol. The number of nitrogens with one attached hydrogen (secondary N) is 1. The van der Waals surface area contributed by atoms with E-state index >= 15 is 0 Å². The molecule has 0 amide bonds. The first-order chi connectivity index (χ1) is 8.39. The summed E-state index contributed by atoms with van der Waals surface area (Å²) in [6.07, 6.45) is 0. The molecule has 7 heteroatoms. The van der Waals surface area contributed by atoms with Crippen LogP contribution >= 0.6 is 0 Å². The number of rotatable bonds is 2. The number of anilines is 1. The van der Waals surface area contributed by atoms with Gasteiger partial charge in [-0.3, -0.25) is 0 Å². The Labute approximate surface area is 106 Å². The second kappa shape index (κ2) is 4.83. The minimum atomic E-state index is -4.07. The van der Waals surface area contributed by atoms with Crippen LogP contribution in [0.3, 0.4) is 0 Å². The van der Waals surface area contributed by atoms with E-state index in [0.717, 1.165) is 12.6 Å². The van der Waals surface area contributed by atoms with Crippen molar-refractivity contribution in [2.24, 2.45) is 5.14 Å². The summed E-state index contributed by atoms with van der Waals surface area (Å²) in [5.41, 5.74) is 0.339. The highest BCUT2D eigenvalue weighted by Gasteiger charge is 2.25. The molecule has 100 valence electrons. The number of halogens is 1. The highest BCUT2D eigenvalue weighted by atomic mass is 32.2. The highest BCUT2D eigenvalue weighted by Crippen LogP contribution is 2.27. The molecule has 1 aromatic rings. The van der Waals surface area contributed by atoms with Crippen LogP contribution < -0.4 is 15.4 Å². The third-order valence-corrected chi connectivity index (χ3v) is 3.91. The van der Waals surface area contributed by atoms with Crippen molar-refractivity contribution in [3.63, 3.8) is 0 Å². The lowest BCUT2D eigenvalue weighted by Crippen LogP contribution is -2.49. The number of piperazine rings is 1. The summed E-state index contributed by atoms with van der Waals surface area (Å²) in [7, 11) is -4.07. The Kier molecular flexibility index (Phi) is 3.56. The molecule has 1 saturated heterocycles. The van der Waals surface area contributed by atoms with Crippen LogP contribution in [0.25, 0.3) is 0 Å². The zero-order valence-electron chi connectivity index (χ0n) is 10.1. The highest BCUT2D eigenvalue weighted by molar-refractivity contribution is 7.89. The number of sulfonamides is 1. The molecule has 2 rings (SSSR count). The van der Waals surface area contributed by atoms with Crippen molar-refractivity contribution in [2.75, 3.05) is 24.5 Å². The molecule has 1 aliphatic rings. The maximum absolute atomic E-state index is 13.7. The van der Waals surface area contributed by atoms with Crippen molar-refractivity contribution < 1.29 is 12.8 Å². The molecule has 18 heavy (non-hydrogen) atoms. The van der Waals surface area contributed by atoms with Crippen molar-refractivity contribution in [1.29, 1.82) is 0 Å². The third-order valence-electron chi connectivity index (χ3n) is 2.94. The first-order valence-corrected chi connectivity index (χ1v) is 7.24. The van der Waals surface area contributed by atoms with Gasteiger partial charge in [0, 0.05) is 25.7 Å². The molecule has 3 N–H and O–H groups in total. The lowest BCUT2D eigenvalue weighted by molar-refractivity contribution is 0.480. The fourth-order valence-corrected chi connectivity index (χ4v) is 3.01. The van der Waals surface area contributed by atoms with Gasteiger partial charge in [0.25, 0.3) is 0 Å². The lowest BCUT2D eigenvalue weighted by atomic mass is 10.2. The molecule has 1 atom stereocenters. The largest absolute Gasteiger partial charge is 0.368 e. The van der Waals surface area contributed by atoms with Gasteiger partial charge in [-0.1, -0.05) is 6.07 Å². The van der Waals surface area contributed by atoms with Gasteiger partial charge in [0.05, 0.1) is 5.69 Å². The van der Waals surface area contributed by atoms with Gasteiger partial charge in [0.2, 0.25) is 10.0 Å². The van der Waals surface area contributed by atoms with Gasteiger partial charge in [-0.25, -0.2) is 17.9 Å². The van der Waals surface area contributed by atoms with Gasteiger partial charge in [-0.15, -0.1) is 0 Å². The monoisotopic (exact) mass is 273 g/mol. The number of hydrogen-bond acceptors (Lipinski definition) is 4. The first kappa shape index (κ1) is 13.3. The molecular formula is C11H16FN3O2S. The fourth-order valence-electron chi connectivity index (χ4n) is 2.18. The van der Waals surface area contributed by atoms with Gasteiger partial charge in [0.15, 0.2) is 0 Å². The van der Waals surface area contributed by atoms with E-state index in [4.69, 9.17) is 5.14 Å². The molecule has 1 fully saturated rings. The zero-order chi connectivity index (χ0) is 13.3. The minimum Gasteiger partial charge on any atom is -0.368 e. The molecule has 0 radical (unpaired) electrons. The summed E-state index contributed by atoms with van der Waals surface area (Å²) < 4.78 is 36.7. The van der Waals surface area contributed by atoms with Crippen LogP contribution in [0.4, 0.5) is 10.1 Å². The van der Waals surface area contributed by atoms with E-state index in [1.807, 2.05) is 11.8 Å². The molecule has 0 bridgehead atoms. The van der Waals surface area contributed by atoms with Crippen molar-refractivity contribution in [3.05, 3.63) is 24.0 Å². The maximum atomic E-state index is 13.7. The standard InChI is InChI=1S/C11H16FN3O2S/c1-8-7-15(6-5-14-8)10-4-2-3-9(12)11(10)18(13,16)17/h2-4,8,14H,5-7H2,1H3,(H2,13,16,17)/t8-/m0/s1. The zero-order valence-corrected chi connectivity index (χ0v) is 10.9. The molecule has 1 aromatic carbocycles. The topological polar surface area (TPSA) is 75.4 Å². The second-order valence-corrected chi connectivity index (χ2v) is 5.93. The molecule has 0 spiro atoms. The molecule has 0 aliphatic carbocycles. The molecule has 1 heterocycles. The number of hydrogen-bond donors (Lipinski definition) is 2. The number of primary sulfonamides is 1. The summed E-state index contributed by atoms with van der Waals surface area (Å²) in [5.74, 6) is -0.804. The van der Waals surface area contributed by atoms with Crippen LogP contribution in [0.15, 0.2) is 23.1 Å². The Balaban J connectivity index is 2.47. The van der Waals surface area contributed by atoms with Gasteiger partial charge in [-0.2, -0.15) is 0 Å². The molecule has 0 unspecified atom stereocenters.